The van der Waals surface area contributed by atoms with Crippen LogP contribution in [0.25, 0.3) is 0 Å². The van der Waals surface area contributed by atoms with E-state index >= 15 is 0 Å². The minimum atomic E-state index is -3.40. The van der Waals surface area contributed by atoms with E-state index in [0.29, 0.717) is 26.1 Å². The van der Waals surface area contributed by atoms with Crippen molar-refractivity contribution in [2.24, 2.45) is 11.8 Å². The third-order valence-electron chi connectivity index (χ3n) is 2.65. The molecule has 0 saturated carbocycles. The number of hydrogen-bond donors (Lipinski definition) is 1. The minimum Gasteiger partial charge on any atom is -0.299 e. The first-order chi connectivity index (χ1) is 7.33. The lowest BCUT2D eigenvalue weighted by Crippen LogP contribution is -2.48. The predicted octanol–water partition coefficient (Wildman–Crippen LogP) is 0.388. The summed E-state index contributed by atoms with van der Waals surface area (Å²) in [6, 6.07) is 0. The molecule has 1 aliphatic heterocycles. The van der Waals surface area contributed by atoms with E-state index in [1.165, 1.54) is 4.31 Å². The molecule has 1 heterocycles. The van der Waals surface area contributed by atoms with E-state index in [1.807, 2.05) is 13.8 Å². The molecule has 0 spiro atoms. The summed E-state index contributed by atoms with van der Waals surface area (Å²) in [5.41, 5.74) is 0. The second-order valence-electron chi connectivity index (χ2n) is 4.72. The van der Waals surface area contributed by atoms with Gasteiger partial charge >= 0.3 is 0 Å². The molecule has 1 saturated heterocycles. The average molecular weight is 248 g/mol. The van der Waals surface area contributed by atoms with Gasteiger partial charge in [-0.05, 0) is 5.92 Å². The van der Waals surface area contributed by atoms with E-state index in [1.54, 1.807) is 6.92 Å². The first-order valence-corrected chi connectivity index (χ1v) is 7.04. The van der Waals surface area contributed by atoms with Crippen molar-refractivity contribution in [3.05, 3.63) is 0 Å². The molecule has 1 unspecified atom stereocenters. The first-order valence-electron chi connectivity index (χ1n) is 5.60. The largest absolute Gasteiger partial charge is 0.299 e. The van der Waals surface area contributed by atoms with E-state index in [0.717, 1.165) is 0 Å². The van der Waals surface area contributed by atoms with Crippen LogP contribution in [-0.4, -0.2) is 38.1 Å². The second kappa shape index (κ2) is 5.25. The highest BCUT2D eigenvalue weighted by Crippen LogP contribution is 2.14. The highest BCUT2D eigenvalue weighted by molar-refractivity contribution is 7.87. The SMILES string of the molecule is CC(C)CNS(=O)(=O)N1CCC(=O)C(C)C1. The van der Waals surface area contributed by atoms with Gasteiger partial charge in [-0.3, -0.25) is 4.79 Å². The third kappa shape index (κ3) is 3.54. The Bertz CT molecular complexity index is 351. The van der Waals surface area contributed by atoms with Gasteiger partial charge in [0.2, 0.25) is 0 Å². The van der Waals surface area contributed by atoms with Crippen LogP contribution in [0.5, 0.6) is 0 Å². The fourth-order valence-corrected chi connectivity index (χ4v) is 3.04. The van der Waals surface area contributed by atoms with Gasteiger partial charge in [0.15, 0.2) is 0 Å². The van der Waals surface area contributed by atoms with Crippen LogP contribution in [0.3, 0.4) is 0 Å². The zero-order chi connectivity index (χ0) is 12.3. The van der Waals surface area contributed by atoms with Crippen LogP contribution in [0.15, 0.2) is 0 Å². The van der Waals surface area contributed by atoms with Gasteiger partial charge in [-0.1, -0.05) is 20.8 Å². The molecule has 1 fully saturated rings. The molecule has 1 rings (SSSR count). The molecule has 0 amide bonds. The number of hydrogen-bond acceptors (Lipinski definition) is 3. The molecule has 1 aliphatic rings. The van der Waals surface area contributed by atoms with Gasteiger partial charge in [0.25, 0.3) is 10.2 Å². The summed E-state index contributed by atoms with van der Waals surface area (Å²) in [6.07, 6.45) is 0.323. The number of carbonyl (C=O) groups is 1. The van der Waals surface area contributed by atoms with E-state index < -0.39 is 10.2 Å². The molecule has 6 heteroatoms. The van der Waals surface area contributed by atoms with E-state index in [9.17, 15) is 13.2 Å². The Labute approximate surface area is 97.4 Å². The van der Waals surface area contributed by atoms with Crippen LogP contribution in [-0.2, 0) is 15.0 Å². The topological polar surface area (TPSA) is 66.5 Å². The molecule has 1 N–H and O–H groups in total. The number of ketones is 1. The van der Waals surface area contributed by atoms with Crippen molar-refractivity contribution in [1.82, 2.24) is 9.03 Å². The Morgan fingerprint density at radius 2 is 2.12 bits per heavy atom. The molecule has 0 bridgehead atoms. The van der Waals surface area contributed by atoms with E-state index in [4.69, 9.17) is 0 Å². The molecule has 1 atom stereocenters. The molecule has 0 aromatic rings. The number of piperidine rings is 1. The molecule has 0 aromatic carbocycles. The zero-order valence-corrected chi connectivity index (χ0v) is 10.9. The van der Waals surface area contributed by atoms with Gasteiger partial charge < -0.3 is 0 Å². The highest BCUT2D eigenvalue weighted by Gasteiger charge is 2.30. The van der Waals surface area contributed by atoms with Crippen molar-refractivity contribution >= 4 is 16.0 Å². The van der Waals surface area contributed by atoms with Crippen molar-refractivity contribution < 1.29 is 13.2 Å². The number of carbonyl (C=O) groups excluding carboxylic acids is 1. The summed E-state index contributed by atoms with van der Waals surface area (Å²) < 4.78 is 27.6. The van der Waals surface area contributed by atoms with Crippen LogP contribution in [0.4, 0.5) is 0 Å². The molecular weight excluding hydrogens is 228 g/mol. The maximum Gasteiger partial charge on any atom is 0.279 e. The Morgan fingerprint density at radius 3 is 2.62 bits per heavy atom. The number of nitrogens with zero attached hydrogens (tertiary/aromatic N) is 1. The van der Waals surface area contributed by atoms with Crippen molar-refractivity contribution in [3.8, 4) is 0 Å². The maximum atomic E-state index is 11.8. The van der Waals surface area contributed by atoms with Crippen LogP contribution < -0.4 is 4.72 Å². The molecule has 94 valence electrons. The van der Waals surface area contributed by atoms with Gasteiger partial charge in [0.1, 0.15) is 5.78 Å². The molecule has 0 aliphatic carbocycles. The maximum absolute atomic E-state index is 11.8. The highest BCUT2D eigenvalue weighted by atomic mass is 32.2. The van der Waals surface area contributed by atoms with Gasteiger partial charge in [-0.25, -0.2) is 4.72 Å². The van der Waals surface area contributed by atoms with E-state index in [2.05, 4.69) is 4.72 Å². The lowest BCUT2D eigenvalue weighted by Gasteiger charge is -2.29. The fraction of sp³-hybridized carbons (Fsp3) is 0.900. The van der Waals surface area contributed by atoms with Gasteiger partial charge in [0.05, 0.1) is 0 Å². The van der Waals surface area contributed by atoms with Crippen LogP contribution in [0.1, 0.15) is 27.2 Å². The monoisotopic (exact) mass is 248 g/mol. The van der Waals surface area contributed by atoms with Crippen molar-refractivity contribution in [2.45, 2.75) is 27.2 Å². The Balaban J connectivity index is 2.59. The number of Topliss-reactive ketones (excluding diaryl/α,β-unsaturated/α-hetero) is 1. The number of rotatable bonds is 4. The summed E-state index contributed by atoms with van der Waals surface area (Å²) >= 11 is 0. The first kappa shape index (κ1) is 13.6. The standard InChI is InChI=1S/C10H20N2O3S/c1-8(2)6-11-16(14,15)12-5-4-10(13)9(3)7-12/h8-9,11H,4-7H2,1-3H3. The molecule has 0 radical (unpaired) electrons. The van der Waals surface area contributed by atoms with Crippen molar-refractivity contribution in [3.63, 3.8) is 0 Å². The summed E-state index contributed by atoms with van der Waals surface area (Å²) in [6.45, 7) is 6.70. The lowest BCUT2D eigenvalue weighted by molar-refractivity contribution is -0.124. The molecule has 0 aromatic heterocycles. The van der Waals surface area contributed by atoms with Gasteiger partial charge in [0, 0.05) is 32.0 Å². The zero-order valence-electron chi connectivity index (χ0n) is 10.1. The van der Waals surface area contributed by atoms with E-state index in [-0.39, 0.29) is 17.6 Å². The second-order valence-corrected chi connectivity index (χ2v) is 6.48. The normalized spacial score (nSPS) is 24.0. The summed E-state index contributed by atoms with van der Waals surface area (Å²) in [5.74, 6) is 0.235. The predicted molar refractivity (Wildman–Crippen MR) is 62.1 cm³/mol. The summed E-state index contributed by atoms with van der Waals surface area (Å²) in [5, 5.41) is 0. The van der Waals surface area contributed by atoms with Crippen LogP contribution in [0, 0.1) is 11.8 Å². The van der Waals surface area contributed by atoms with Crippen LogP contribution in [0.2, 0.25) is 0 Å². The summed E-state index contributed by atoms with van der Waals surface area (Å²) in [7, 11) is -3.40. The Morgan fingerprint density at radius 1 is 1.50 bits per heavy atom. The van der Waals surface area contributed by atoms with Gasteiger partial charge in [-0.15, -0.1) is 0 Å². The smallest absolute Gasteiger partial charge is 0.279 e. The van der Waals surface area contributed by atoms with Crippen LogP contribution >= 0.6 is 0 Å². The lowest BCUT2D eigenvalue weighted by atomic mass is 10.0. The Hall–Kier alpha value is -0.460. The third-order valence-corrected chi connectivity index (χ3v) is 4.19. The van der Waals surface area contributed by atoms with Gasteiger partial charge in [-0.2, -0.15) is 12.7 Å². The average Bonchev–Trinajstić information content (AvgIpc) is 2.19. The van der Waals surface area contributed by atoms with Crippen molar-refractivity contribution in [2.75, 3.05) is 19.6 Å². The fourth-order valence-electron chi connectivity index (χ4n) is 1.56. The Kier molecular flexibility index (Phi) is 4.46. The van der Waals surface area contributed by atoms with Crippen molar-refractivity contribution in [1.29, 1.82) is 0 Å². The summed E-state index contributed by atoms with van der Waals surface area (Å²) in [4.78, 5) is 11.3. The quantitative estimate of drug-likeness (QED) is 0.782. The minimum absolute atomic E-state index is 0.148. The molecular formula is C10H20N2O3S. The molecule has 5 nitrogen and oxygen atoms in total. The molecule has 16 heavy (non-hydrogen) atoms. The number of nitrogens with one attached hydrogen (secondary N) is 1.